The monoisotopic (exact) mass is 341 g/mol. The first-order chi connectivity index (χ1) is 8.97. The molecule has 1 saturated heterocycles. The fourth-order valence-corrected chi connectivity index (χ4v) is 2.77. The van der Waals surface area contributed by atoms with Crippen molar-refractivity contribution in [3.8, 4) is 0 Å². The molecule has 1 fully saturated rings. The molecule has 100 valence electrons. The first-order valence-electron chi connectivity index (χ1n) is 5.45. The van der Waals surface area contributed by atoms with Gasteiger partial charge in [-0.05, 0) is 24.3 Å². The highest BCUT2D eigenvalue weighted by atomic mass is 79.9. The molecule has 1 heterocycles. The number of halogens is 1. The normalized spacial score (nSPS) is 21.8. The lowest BCUT2D eigenvalue weighted by Gasteiger charge is -2.29. The van der Waals surface area contributed by atoms with Gasteiger partial charge in [-0.25, -0.2) is 4.99 Å². The summed E-state index contributed by atoms with van der Waals surface area (Å²) in [7, 11) is 1.58. The van der Waals surface area contributed by atoms with Crippen molar-refractivity contribution in [2.45, 2.75) is 11.7 Å². The summed E-state index contributed by atoms with van der Waals surface area (Å²) in [5, 5.41) is 10.4. The van der Waals surface area contributed by atoms with Crippen LogP contribution in [0.15, 0.2) is 33.7 Å². The molecule has 7 heteroatoms. The van der Waals surface area contributed by atoms with Gasteiger partial charge in [-0.2, -0.15) is 0 Å². The lowest BCUT2D eigenvalue weighted by molar-refractivity contribution is -0.304. The van der Waals surface area contributed by atoms with Crippen molar-refractivity contribution in [3.63, 3.8) is 0 Å². The van der Waals surface area contributed by atoms with E-state index in [9.17, 15) is 14.7 Å². The number of thioether (sulfide) groups is 1. The van der Waals surface area contributed by atoms with Crippen molar-refractivity contribution in [2.75, 3.05) is 7.05 Å². The van der Waals surface area contributed by atoms with Gasteiger partial charge in [0.25, 0.3) is 0 Å². The van der Waals surface area contributed by atoms with Gasteiger partial charge >= 0.3 is 0 Å². The predicted molar refractivity (Wildman–Crippen MR) is 75.0 cm³/mol. The summed E-state index contributed by atoms with van der Waals surface area (Å²) in [6.45, 7) is 0. The Morgan fingerprint density at radius 3 is 2.68 bits per heavy atom. The lowest BCUT2D eigenvalue weighted by atomic mass is 10.3. The molecular weight excluding hydrogens is 332 g/mol. The minimum atomic E-state index is -1.24. The van der Waals surface area contributed by atoms with Crippen LogP contribution in [0.4, 0.5) is 5.69 Å². The van der Waals surface area contributed by atoms with Gasteiger partial charge in [-0.15, -0.1) is 0 Å². The van der Waals surface area contributed by atoms with E-state index in [-0.39, 0.29) is 12.3 Å². The Bertz CT molecular complexity index is 544. The van der Waals surface area contributed by atoms with Crippen molar-refractivity contribution < 1.29 is 14.7 Å². The third kappa shape index (κ3) is 3.36. The van der Waals surface area contributed by atoms with Gasteiger partial charge in [-0.1, -0.05) is 27.7 Å². The molecule has 1 aliphatic rings. The van der Waals surface area contributed by atoms with Gasteiger partial charge < -0.3 is 9.90 Å². The zero-order valence-corrected chi connectivity index (χ0v) is 12.4. The smallest absolute Gasteiger partial charge is 0.229 e. The van der Waals surface area contributed by atoms with E-state index in [4.69, 9.17) is 0 Å². The van der Waals surface area contributed by atoms with E-state index in [0.29, 0.717) is 10.9 Å². The molecule has 19 heavy (non-hydrogen) atoms. The number of carboxylic acid groups (broad SMARTS) is 1. The largest absolute Gasteiger partial charge is 0.549 e. The Labute approximate surface area is 122 Å². The molecule has 0 aliphatic carbocycles. The molecule has 5 nitrogen and oxygen atoms in total. The number of carboxylic acids is 1. The Balaban J connectivity index is 2.27. The third-order valence-electron chi connectivity index (χ3n) is 2.58. The van der Waals surface area contributed by atoms with Crippen molar-refractivity contribution in [1.82, 2.24) is 4.90 Å². The Morgan fingerprint density at radius 1 is 1.47 bits per heavy atom. The van der Waals surface area contributed by atoms with E-state index in [1.54, 1.807) is 19.2 Å². The van der Waals surface area contributed by atoms with E-state index in [1.807, 2.05) is 12.1 Å². The highest BCUT2D eigenvalue weighted by molar-refractivity contribution is 9.10. The number of nitrogens with zero attached hydrogens (tertiary/aromatic N) is 2. The van der Waals surface area contributed by atoms with Crippen LogP contribution in [-0.4, -0.2) is 34.2 Å². The second-order valence-corrected chi connectivity index (χ2v) is 6.04. The van der Waals surface area contributed by atoms with Crippen molar-refractivity contribution in [1.29, 1.82) is 0 Å². The van der Waals surface area contributed by atoms with Gasteiger partial charge in [0.05, 0.1) is 16.9 Å². The molecule has 1 aromatic rings. The molecule has 0 aromatic heterocycles. The molecule has 1 amide bonds. The number of aliphatic carboxylic acids is 1. The van der Waals surface area contributed by atoms with E-state index in [0.717, 1.165) is 16.2 Å². The highest BCUT2D eigenvalue weighted by Gasteiger charge is 2.30. The third-order valence-corrected chi connectivity index (χ3v) is 4.33. The molecule has 1 atom stereocenters. The molecule has 0 N–H and O–H groups in total. The molecule has 1 unspecified atom stereocenters. The molecule has 0 radical (unpaired) electrons. The van der Waals surface area contributed by atoms with Gasteiger partial charge in [0.1, 0.15) is 0 Å². The molecule has 1 aliphatic heterocycles. The summed E-state index contributed by atoms with van der Waals surface area (Å²) in [5.74, 6) is -1.52. The number of amidine groups is 1. The Hall–Kier alpha value is -1.34. The van der Waals surface area contributed by atoms with Crippen molar-refractivity contribution >= 4 is 50.4 Å². The lowest BCUT2D eigenvalue weighted by Crippen LogP contribution is -2.45. The molecule has 1 aromatic carbocycles. The minimum Gasteiger partial charge on any atom is -0.549 e. The van der Waals surface area contributed by atoms with Crippen LogP contribution >= 0.6 is 27.7 Å². The van der Waals surface area contributed by atoms with Crippen LogP contribution in [0.3, 0.4) is 0 Å². The highest BCUT2D eigenvalue weighted by Crippen LogP contribution is 2.28. The summed E-state index contributed by atoms with van der Waals surface area (Å²) in [4.78, 5) is 28.2. The summed E-state index contributed by atoms with van der Waals surface area (Å²) in [6, 6.07) is 7.20. The predicted octanol–water partition coefficient (Wildman–Crippen LogP) is 1.15. The number of aliphatic imine (C=N–C) groups is 1. The van der Waals surface area contributed by atoms with Gasteiger partial charge in [-0.3, -0.25) is 9.69 Å². The molecular formula is C12H10BrN2O3S-. The average molecular weight is 342 g/mol. The van der Waals surface area contributed by atoms with Crippen LogP contribution in [0.2, 0.25) is 0 Å². The van der Waals surface area contributed by atoms with Crippen LogP contribution in [0.1, 0.15) is 6.42 Å². The maximum atomic E-state index is 11.7. The van der Waals surface area contributed by atoms with Crippen LogP contribution in [0.5, 0.6) is 0 Å². The van der Waals surface area contributed by atoms with Gasteiger partial charge in [0.15, 0.2) is 5.17 Å². The molecule has 0 saturated carbocycles. The summed E-state index contributed by atoms with van der Waals surface area (Å²) < 4.78 is 0.921. The summed E-state index contributed by atoms with van der Waals surface area (Å²) in [6.07, 6.45) is -0.0666. The zero-order valence-electron chi connectivity index (χ0n) is 10.00. The number of hydrogen-bond acceptors (Lipinski definition) is 5. The maximum absolute atomic E-state index is 11.7. The number of carbonyl (C=O) groups excluding carboxylic acids is 2. The Kier molecular flexibility index (Phi) is 4.26. The summed E-state index contributed by atoms with van der Waals surface area (Å²) >= 11 is 4.35. The number of carbonyl (C=O) groups is 2. The average Bonchev–Trinajstić information content (AvgIpc) is 2.37. The first kappa shape index (κ1) is 14.1. The maximum Gasteiger partial charge on any atom is 0.229 e. The SMILES string of the molecule is CN1C(=O)CC(C(=O)[O-])SC1=Nc1ccc(Br)cc1. The minimum absolute atomic E-state index is 0.0666. The van der Waals surface area contributed by atoms with Gasteiger partial charge in [0.2, 0.25) is 5.91 Å². The first-order valence-corrected chi connectivity index (χ1v) is 7.13. The number of hydrogen-bond donors (Lipinski definition) is 0. The van der Waals surface area contributed by atoms with Crippen LogP contribution in [0, 0.1) is 0 Å². The standard InChI is InChI=1S/C12H11BrN2O3S/c1-15-10(16)6-9(11(17)18)19-12(15)14-8-4-2-7(13)3-5-8/h2-5,9H,6H2,1H3,(H,17,18)/p-1. The van der Waals surface area contributed by atoms with Crippen LogP contribution in [0.25, 0.3) is 0 Å². The number of rotatable bonds is 2. The fourth-order valence-electron chi connectivity index (χ4n) is 1.51. The van der Waals surface area contributed by atoms with E-state index in [1.165, 1.54) is 4.90 Å². The topological polar surface area (TPSA) is 72.8 Å². The molecule has 2 rings (SSSR count). The van der Waals surface area contributed by atoms with E-state index >= 15 is 0 Å². The molecule has 0 spiro atoms. The van der Waals surface area contributed by atoms with Crippen molar-refractivity contribution in [2.24, 2.45) is 4.99 Å². The zero-order chi connectivity index (χ0) is 14.0. The van der Waals surface area contributed by atoms with Crippen molar-refractivity contribution in [3.05, 3.63) is 28.7 Å². The van der Waals surface area contributed by atoms with E-state index in [2.05, 4.69) is 20.9 Å². The fraction of sp³-hybridized carbons (Fsp3) is 0.250. The quantitative estimate of drug-likeness (QED) is 0.808. The van der Waals surface area contributed by atoms with Crippen LogP contribution in [-0.2, 0) is 9.59 Å². The van der Waals surface area contributed by atoms with Crippen LogP contribution < -0.4 is 5.11 Å². The second kappa shape index (κ2) is 5.75. The van der Waals surface area contributed by atoms with E-state index < -0.39 is 11.2 Å². The number of benzene rings is 1. The number of amides is 1. The van der Waals surface area contributed by atoms with Gasteiger partial charge in [0, 0.05) is 17.9 Å². The Morgan fingerprint density at radius 2 is 2.11 bits per heavy atom. The molecule has 0 bridgehead atoms. The summed E-state index contributed by atoms with van der Waals surface area (Å²) in [5.41, 5.74) is 0.657. The second-order valence-electron chi connectivity index (χ2n) is 3.95.